The molecule has 0 aliphatic heterocycles. The van der Waals surface area contributed by atoms with E-state index in [2.05, 4.69) is 252 Å². The number of thiophene rings is 1. The van der Waals surface area contributed by atoms with Crippen LogP contribution in [-0.2, 0) is 0 Å². The Morgan fingerprint density at radius 2 is 0.908 bits per heavy atom. The van der Waals surface area contributed by atoms with Crippen LogP contribution in [-0.4, -0.2) is 4.57 Å². The Hall–Kier alpha value is -8.24. The monoisotopic (exact) mass is 844 g/mol. The topological polar surface area (TPSA) is 8.17 Å². The van der Waals surface area contributed by atoms with Crippen LogP contribution >= 0.6 is 11.3 Å². The molecule has 0 bridgehead atoms. The molecule has 0 amide bonds. The van der Waals surface area contributed by atoms with Crippen LogP contribution in [0.15, 0.2) is 243 Å². The number of hydrogen-bond donors (Lipinski definition) is 0. The van der Waals surface area contributed by atoms with Crippen LogP contribution in [0.5, 0.6) is 0 Å². The van der Waals surface area contributed by atoms with Crippen molar-refractivity contribution >= 4 is 91.9 Å². The van der Waals surface area contributed by atoms with Gasteiger partial charge >= 0.3 is 0 Å². The summed E-state index contributed by atoms with van der Waals surface area (Å²) < 4.78 is 4.99. The molecule has 2 heterocycles. The molecule has 0 N–H and O–H groups in total. The van der Waals surface area contributed by atoms with E-state index in [1.165, 1.54) is 96.9 Å². The minimum Gasteiger partial charge on any atom is -0.309 e. The van der Waals surface area contributed by atoms with E-state index in [0.29, 0.717) is 0 Å². The second kappa shape index (κ2) is 15.2. The van der Waals surface area contributed by atoms with Crippen molar-refractivity contribution in [3.8, 4) is 39.1 Å². The van der Waals surface area contributed by atoms with Gasteiger partial charge < -0.3 is 9.47 Å². The van der Waals surface area contributed by atoms with Crippen molar-refractivity contribution in [3.63, 3.8) is 0 Å². The predicted molar refractivity (Wildman–Crippen MR) is 280 cm³/mol. The molecule has 0 spiro atoms. The number of rotatable bonds is 7. The molecule has 0 aliphatic carbocycles. The fourth-order valence-corrected chi connectivity index (χ4v) is 11.4. The van der Waals surface area contributed by atoms with E-state index in [0.717, 1.165) is 22.7 Å². The van der Waals surface area contributed by atoms with Crippen molar-refractivity contribution < 1.29 is 0 Å². The van der Waals surface area contributed by atoms with Gasteiger partial charge in [0.05, 0.1) is 16.7 Å². The highest BCUT2D eigenvalue weighted by molar-refractivity contribution is 7.26. The van der Waals surface area contributed by atoms with Gasteiger partial charge in [-0.25, -0.2) is 0 Å². The molecule has 65 heavy (non-hydrogen) atoms. The summed E-state index contributed by atoms with van der Waals surface area (Å²) in [6.07, 6.45) is 0. The highest BCUT2D eigenvalue weighted by atomic mass is 32.1. The van der Waals surface area contributed by atoms with Crippen LogP contribution < -0.4 is 4.90 Å². The number of para-hydroxylation sites is 3. The molecule has 0 fully saturated rings. The van der Waals surface area contributed by atoms with E-state index in [1.54, 1.807) is 0 Å². The maximum absolute atomic E-state index is 2.51. The zero-order chi connectivity index (χ0) is 42.8. The molecular weight excluding hydrogens is 805 g/mol. The van der Waals surface area contributed by atoms with E-state index in [9.17, 15) is 0 Å². The summed E-state index contributed by atoms with van der Waals surface area (Å²) in [5, 5.41) is 9.83. The van der Waals surface area contributed by atoms with Crippen molar-refractivity contribution in [1.29, 1.82) is 0 Å². The molecule has 13 rings (SSSR count). The smallest absolute Gasteiger partial charge is 0.0619 e. The summed E-state index contributed by atoms with van der Waals surface area (Å²) in [4.78, 5) is 2.51. The minimum atomic E-state index is 1.09. The average Bonchev–Trinajstić information content (AvgIpc) is 3.93. The van der Waals surface area contributed by atoms with Crippen LogP contribution in [0.3, 0.4) is 0 Å². The third-order valence-corrected chi connectivity index (χ3v) is 14.3. The van der Waals surface area contributed by atoms with Crippen LogP contribution in [0.1, 0.15) is 0 Å². The van der Waals surface area contributed by atoms with Crippen LogP contribution in [0, 0.1) is 0 Å². The summed E-state index contributed by atoms with van der Waals surface area (Å²) >= 11 is 1.88. The summed E-state index contributed by atoms with van der Waals surface area (Å²) in [5.41, 5.74) is 14.1. The van der Waals surface area contributed by atoms with Gasteiger partial charge in [0.1, 0.15) is 0 Å². The molecule has 2 nitrogen and oxygen atoms in total. The van der Waals surface area contributed by atoms with Crippen LogP contribution in [0.2, 0.25) is 0 Å². The second-order valence-electron chi connectivity index (χ2n) is 16.8. The normalized spacial score (nSPS) is 11.7. The SMILES string of the molecule is c1ccc(-c2ccc3c(N(c4ccccc4)c4ccc5c(c4)c4ccccc4n5-c4ccccc4)c4cc(-c5ccccc5)ccc4c(-c4cccc5sc6ccccc6c45)c3c2)cc1. The molecule has 0 radical (unpaired) electrons. The molecule has 0 unspecified atom stereocenters. The number of fused-ring (bicyclic) bond motifs is 8. The zero-order valence-electron chi connectivity index (χ0n) is 35.4. The minimum absolute atomic E-state index is 1.09. The van der Waals surface area contributed by atoms with E-state index < -0.39 is 0 Å². The molecular formula is C62H40N2S. The van der Waals surface area contributed by atoms with Crippen molar-refractivity contribution in [2.24, 2.45) is 0 Å². The van der Waals surface area contributed by atoms with Gasteiger partial charge in [-0.05, 0) is 117 Å². The van der Waals surface area contributed by atoms with Gasteiger partial charge in [-0.3, -0.25) is 0 Å². The summed E-state index contributed by atoms with van der Waals surface area (Å²) in [7, 11) is 0. The van der Waals surface area contributed by atoms with Crippen LogP contribution in [0.4, 0.5) is 17.1 Å². The first-order valence-electron chi connectivity index (χ1n) is 22.3. The van der Waals surface area contributed by atoms with Gasteiger partial charge in [-0.15, -0.1) is 11.3 Å². The molecule has 2 aromatic heterocycles. The molecule has 0 atom stereocenters. The van der Waals surface area contributed by atoms with E-state index in [-0.39, 0.29) is 0 Å². The Bertz CT molecular complexity index is 3930. The lowest BCUT2D eigenvalue weighted by molar-refractivity contribution is 1.18. The van der Waals surface area contributed by atoms with Crippen LogP contribution in [0.25, 0.3) is 103 Å². The number of benzene rings is 11. The molecule has 0 saturated heterocycles. The summed E-state index contributed by atoms with van der Waals surface area (Å²) in [6, 6.07) is 89.2. The Kier molecular flexibility index (Phi) is 8.75. The van der Waals surface area contributed by atoms with Crippen molar-refractivity contribution in [2.45, 2.75) is 0 Å². The maximum atomic E-state index is 2.51. The molecule has 11 aromatic carbocycles. The Labute approximate surface area is 381 Å². The third kappa shape index (κ3) is 6.08. The van der Waals surface area contributed by atoms with Gasteiger partial charge in [-0.1, -0.05) is 170 Å². The van der Waals surface area contributed by atoms with Gasteiger partial charge in [0.2, 0.25) is 0 Å². The quantitative estimate of drug-likeness (QED) is 0.145. The number of nitrogens with zero attached hydrogens (tertiary/aromatic N) is 2. The average molecular weight is 845 g/mol. The summed E-state index contributed by atoms with van der Waals surface area (Å²) in [6.45, 7) is 0. The molecule has 0 saturated carbocycles. The first kappa shape index (κ1) is 37.3. The second-order valence-corrected chi connectivity index (χ2v) is 17.9. The van der Waals surface area contributed by atoms with Crippen molar-refractivity contribution in [1.82, 2.24) is 4.57 Å². The highest BCUT2D eigenvalue weighted by Crippen LogP contribution is 2.52. The van der Waals surface area contributed by atoms with Gasteiger partial charge in [0, 0.05) is 58.8 Å². The lowest BCUT2D eigenvalue weighted by Gasteiger charge is -2.30. The Morgan fingerprint density at radius 3 is 1.65 bits per heavy atom. The van der Waals surface area contributed by atoms with Crippen molar-refractivity contribution in [3.05, 3.63) is 243 Å². The fraction of sp³-hybridized carbons (Fsp3) is 0. The maximum Gasteiger partial charge on any atom is 0.0619 e. The molecule has 13 aromatic rings. The standard InChI is InChI=1S/C62H40N2S/c1-5-18-41(19-6-1)43-33-36-50-54(38-43)60(52-28-17-31-59-61(52)51-27-14-16-30-58(51)65-59)49-35-32-44(42-20-7-2-8-21-42)39-55(49)62(50)63(45-22-9-3-10-23-45)47-34-37-57-53(40-47)48-26-13-15-29-56(48)64(57)46-24-11-4-12-25-46/h1-40H. The van der Waals surface area contributed by atoms with E-state index in [4.69, 9.17) is 0 Å². The summed E-state index contributed by atoms with van der Waals surface area (Å²) in [5.74, 6) is 0. The zero-order valence-corrected chi connectivity index (χ0v) is 36.2. The third-order valence-electron chi connectivity index (χ3n) is 13.1. The van der Waals surface area contributed by atoms with E-state index in [1.807, 2.05) is 11.3 Å². The van der Waals surface area contributed by atoms with Crippen molar-refractivity contribution in [2.75, 3.05) is 4.90 Å². The highest BCUT2D eigenvalue weighted by Gasteiger charge is 2.26. The lowest BCUT2D eigenvalue weighted by Crippen LogP contribution is -2.11. The lowest BCUT2D eigenvalue weighted by atomic mass is 9.86. The predicted octanol–water partition coefficient (Wildman–Crippen LogP) is 17.9. The van der Waals surface area contributed by atoms with Gasteiger partial charge in [-0.2, -0.15) is 0 Å². The van der Waals surface area contributed by atoms with Gasteiger partial charge in [0.25, 0.3) is 0 Å². The largest absolute Gasteiger partial charge is 0.309 e. The Morgan fingerprint density at radius 1 is 0.323 bits per heavy atom. The molecule has 304 valence electrons. The first-order chi connectivity index (χ1) is 32.3. The number of anilines is 3. The number of aromatic nitrogens is 1. The first-order valence-corrected chi connectivity index (χ1v) is 23.1. The molecule has 0 aliphatic rings. The van der Waals surface area contributed by atoms with E-state index >= 15 is 0 Å². The number of hydrogen-bond acceptors (Lipinski definition) is 2. The Balaban J connectivity index is 1.19. The molecule has 3 heteroatoms. The van der Waals surface area contributed by atoms with Gasteiger partial charge in [0.15, 0.2) is 0 Å². The fourth-order valence-electron chi connectivity index (χ4n) is 10.3.